The van der Waals surface area contributed by atoms with Crippen molar-refractivity contribution < 1.29 is 4.74 Å². The molecule has 0 spiro atoms. The summed E-state index contributed by atoms with van der Waals surface area (Å²) in [6.07, 6.45) is 0. The number of aryl methyl sites for hydroxylation is 2. The Labute approximate surface area is 127 Å². The third-order valence-corrected chi connectivity index (χ3v) is 3.94. The Balaban J connectivity index is 2.39. The maximum atomic E-state index is 5.90. The highest BCUT2D eigenvalue weighted by molar-refractivity contribution is 9.10. The minimum atomic E-state index is 0.663. The summed E-state index contributed by atoms with van der Waals surface area (Å²) in [7, 11) is 1.86. The van der Waals surface area contributed by atoms with E-state index in [-0.39, 0.29) is 0 Å². The molecular weight excluding hydrogens is 383 g/mol. The summed E-state index contributed by atoms with van der Waals surface area (Å²) >= 11 is 12.8. The quantitative estimate of drug-likeness (QED) is 0.697. The van der Waals surface area contributed by atoms with E-state index in [0.717, 1.165) is 21.6 Å². The van der Waals surface area contributed by atoms with Crippen LogP contribution in [0.2, 0.25) is 5.02 Å². The molecule has 0 unspecified atom stereocenters. The maximum Gasteiger partial charge on any atom is 0.221 e. The molecule has 0 atom stereocenters. The first-order valence-electron chi connectivity index (χ1n) is 5.24. The van der Waals surface area contributed by atoms with Crippen molar-refractivity contribution in [3.63, 3.8) is 0 Å². The van der Waals surface area contributed by atoms with Gasteiger partial charge in [0, 0.05) is 23.0 Å². The second kappa shape index (κ2) is 5.63. The maximum absolute atomic E-state index is 5.90. The van der Waals surface area contributed by atoms with E-state index in [2.05, 4.69) is 37.0 Å². The molecule has 0 radical (unpaired) electrons. The molecular formula is C12H11Br2ClN2O. The zero-order chi connectivity index (χ0) is 13.3. The normalized spacial score (nSPS) is 10.7. The highest BCUT2D eigenvalue weighted by atomic mass is 79.9. The lowest BCUT2D eigenvalue weighted by Gasteiger charge is -2.09. The summed E-state index contributed by atoms with van der Waals surface area (Å²) in [6.45, 7) is 1.96. The third kappa shape index (κ3) is 2.73. The van der Waals surface area contributed by atoms with E-state index in [4.69, 9.17) is 16.3 Å². The number of hydrogen-bond acceptors (Lipinski definition) is 2. The average Bonchev–Trinajstić information content (AvgIpc) is 2.57. The highest BCUT2D eigenvalue weighted by Gasteiger charge is 2.15. The van der Waals surface area contributed by atoms with Crippen LogP contribution in [0.3, 0.4) is 0 Å². The van der Waals surface area contributed by atoms with E-state index in [1.54, 1.807) is 16.8 Å². The van der Waals surface area contributed by atoms with Gasteiger partial charge in [0.25, 0.3) is 0 Å². The van der Waals surface area contributed by atoms with Crippen molar-refractivity contribution in [2.24, 2.45) is 7.05 Å². The van der Waals surface area contributed by atoms with Crippen LogP contribution >= 0.6 is 43.5 Å². The van der Waals surface area contributed by atoms with Gasteiger partial charge in [0.05, 0.1) is 10.2 Å². The van der Waals surface area contributed by atoms with Crippen LogP contribution in [0.4, 0.5) is 0 Å². The fourth-order valence-corrected chi connectivity index (χ4v) is 3.03. The van der Waals surface area contributed by atoms with Crippen molar-refractivity contribution in [3.8, 4) is 11.6 Å². The summed E-state index contributed by atoms with van der Waals surface area (Å²) in [6, 6.07) is 5.42. The molecule has 0 N–H and O–H groups in total. The van der Waals surface area contributed by atoms with Crippen LogP contribution in [0.15, 0.2) is 22.7 Å². The van der Waals surface area contributed by atoms with Gasteiger partial charge >= 0.3 is 0 Å². The lowest BCUT2D eigenvalue weighted by Crippen LogP contribution is -1.97. The van der Waals surface area contributed by atoms with Gasteiger partial charge in [-0.05, 0) is 41.1 Å². The molecule has 0 saturated carbocycles. The van der Waals surface area contributed by atoms with E-state index >= 15 is 0 Å². The molecule has 0 aliphatic rings. The van der Waals surface area contributed by atoms with E-state index in [0.29, 0.717) is 16.1 Å². The Morgan fingerprint density at radius 3 is 2.78 bits per heavy atom. The van der Waals surface area contributed by atoms with Gasteiger partial charge in [-0.25, -0.2) is 4.68 Å². The number of ether oxygens (including phenoxy) is 1. The molecule has 0 aliphatic heterocycles. The van der Waals surface area contributed by atoms with Gasteiger partial charge in [0.2, 0.25) is 5.88 Å². The summed E-state index contributed by atoms with van der Waals surface area (Å²) in [4.78, 5) is 0. The van der Waals surface area contributed by atoms with E-state index in [1.165, 1.54) is 0 Å². The molecule has 3 nitrogen and oxygen atoms in total. The van der Waals surface area contributed by atoms with Crippen LogP contribution in [0.25, 0.3) is 0 Å². The Bertz CT molecular complexity index is 584. The fraction of sp³-hybridized carbons (Fsp3) is 0.250. The number of benzene rings is 1. The van der Waals surface area contributed by atoms with E-state index in [1.807, 2.05) is 20.0 Å². The number of halogens is 3. The van der Waals surface area contributed by atoms with Crippen molar-refractivity contribution in [2.45, 2.75) is 12.3 Å². The molecule has 2 aromatic rings. The smallest absolute Gasteiger partial charge is 0.221 e. The van der Waals surface area contributed by atoms with Gasteiger partial charge in [-0.3, -0.25) is 0 Å². The van der Waals surface area contributed by atoms with Crippen molar-refractivity contribution >= 4 is 43.5 Å². The van der Waals surface area contributed by atoms with Crippen LogP contribution in [-0.2, 0) is 12.4 Å². The largest absolute Gasteiger partial charge is 0.438 e. The Morgan fingerprint density at radius 2 is 2.17 bits per heavy atom. The molecule has 0 fully saturated rings. The average molecular weight is 394 g/mol. The molecule has 0 bridgehead atoms. The van der Waals surface area contributed by atoms with Gasteiger partial charge < -0.3 is 4.74 Å². The van der Waals surface area contributed by atoms with Crippen molar-refractivity contribution in [1.29, 1.82) is 0 Å². The standard InChI is InChI=1S/C12H11Br2ClN2O/c1-7-9(6-13)12(17(2)16-7)18-11-4-3-8(15)5-10(11)14/h3-5H,6H2,1-2H3. The number of aromatic nitrogens is 2. The second-order valence-electron chi connectivity index (χ2n) is 3.80. The minimum absolute atomic E-state index is 0.663. The predicted octanol–water partition coefficient (Wildman–Crippen LogP) is 4.83. The molecule has 96 valence electrons. The lowest BCUT2D eigenvalue weighted by molar-refractivity contribution is 0.425. The fourth-order valence-electron chi connectivity index (χ4n) is 1.62. The molecule has 18 heavy (non-hydrogen) atoms. The molecule has 0 amide bonds. The first kappa shape index (κ1) is 13.9. The van der Waals surface area contributed by atoms with Crippen molar-refractivity contribution in [1.82, 2.24) is 9.78 Å². The van der Waals surface area contributed by atoms with Crippen LogP contribution < -0.4 is 4.74 Å². The van der Waals surface area contributed by atoms with Crippen LogP contribution in [0.5, 0.6) is 11.6 Å². The summed E-state index contributed by atoms with van der Waals surface area (Å²) < 4.78 is 8.45. The van der Waals surface area contributed by atoms with E-state index < -0.39 is 0 Å². The minimum Gasteiger partial charge on any atom is -0.438 e. The zero-order valence-electron chi connectivity index (χ0n) is 9.88. The van der Waals surface area contributed by atoms with Gasteiger partial charge in [-0.15, -0.1) is 0 Å². The Morgan fingerprint density at radius 1 is 1.44 bits per heavy atom. The zero-order valence-corrected chi connectivity index (χ0v) is 13.8. The van der Waals surface area contributed by atoms with Crippen LogP contribution in [-0.4, -0.2) is 9.78 Å². The topological polar surface area (TPSA) is 27.1 Å². The van der Waals surface area contributed by atoms with Gasteiger partial charge in [0.1, 0.15) is 5.75 Å². The second-order valence-corrected chi connectivity index (χ2v) is 5.65. The van der Waals surface area contributed by atoms with Crippen molar-refractivity contribution in [2.75, 3.05) is 0 Å². The molecule has 2 rings (SSSR count). The van der Waals surface area contributed by atoms with Crippen LogP contribution in [0.1, 0.15) is 11.3 Å². The molecule has 0 saturated heterocycles. The van der Waals surface area contributed by atoms with Gasteiger partial charge in [-0.1, -0.05) is 27.5 Å². The molecule has 0 aliphatic carbocycles. The Hall–Kier alpha value is -0.520. The van der Waals surface area contributed by atoms with E-state index in [9.17, 15) is 0 Å². The predicted molar refractivity (Wildman–Crippen MR) is 79.8 cm³/mol. The SMILES string of the molecule is Cc1nn(C)c(Oc2ccc(Cl)cc2Br)c1CBr. The summed E-state index contributed by atoms with van der Waals surface area (Å²) in [5.41, 5.74) is 1.99. The molecule has 1 aromatic heterocycles. The van der Waals surface area contributed by atoms with Gasteiger partial charge in [0.15, 0.2) is 0 Å². The number of nitrogens with zero attached hydrogens (tertiary/aromatic N) is 2. The van der Waals surface area contributed by atoms with Crippen LogP contribution in [0, 0.1) is 6.92 Å². The number of rotatable bonds is 3. The van der Waals surface area contributed by atoms with Gasteiger partial charge in [-0.2, -0.15) is 5.10 Å². The molecule has 1 aromatic carbocycles. The molecule has 1 heterocycles. The first-order chi connectivity index (χ1) is 8.52. The highest BCUT2D eigenvalue weighted by Crippen LogP contribution is 2.34. The third-order valence-electron chi connectivity index (χ3n) is 2.52. The van der Waals surface area contributed by atoms with Crippen molar-refractivity contribution in [3.05, 3.63) is 39.0 Å². The Kier molecular flexibility index (Phi) is 4.35. The summed E-state index contributed by atoms with van der Waals surface area (Å²) in [5.74, 6) is 1.44. The number of hydrogen-bond donors (Lipinski definition) is 0. The summed E-state index contributed by atoms with van der Waals surface area (Å²) in [5, 5.41) is 5.71. The number of alkyl halides is 1. The first-order valence-corrected chi connectivity index (χ1v) is 7.53. The monoisotopic (exact) mass is 392 g/mol. The lowest BCUT2D eigenvalue weighted by atomic mass is 10.3. The molecule has 6 heteroatoms.